The number of carbonyl (C=O) groups is 1. The monoisotopic (exact) mass is 424 g/mol. The average Bonchev–Trinajstić information content (AvgIpc) is 2.66. The van der Waals surface area contributed by atoms with Crippen LogP contribution in [0.3, 0.4) is 0 Å². The van der Waals surface area contributed by atoms with Gasteiger partial charge in [0.2, 0.25) is 0 Å². The molecule has 0 spiro atoms. The van der Waals surface area contributed by atoms with E-state index in [1.807, 2.05) is 0 Å². The zero-order valence-electron chi connectivity index (χ0n) is 15.0. The molecule has 29 heavy (non-hydrogen) atoms. The van der Waals surface area contributed by atoms with Gasteiger partial charge in [-0.15, -0.1) is 0 Å². The number of para-hydroxylation sites is 2. The van der Waals surface area contributed by atoms with Crippen molar-refractivity contribution in [2.45, 2.75) is 24.9 Å². The van der Waals surface area contributed by atoms with E-state index in [4.69, 9.17) is 0 Å². The van der Waals surface area contributed by atoms with Crippen LogP contribution in [0.5, 0.6) is 0 Å². The Bertz CT molecular complexity index is 924. The van der Waals surface area contributed by atoms with Gasteiger partial charge >= 0.3 is 18.0 Å². The number of piperazine rings is 1. The van der Waals surface area contributed by atoms with Crippen LogP contribution in [0.4, 0.5) is 36.6 Å². The van der Waals surface area contributed by atoms with Gasteiger partial charge in [-0.1, -0.05) is 12.1 Å². The molecule has 3 rings (SSSR count). The summed E-state index contributed by atoms with van der Waals surface area (Å²) in [6.45, 7) is 0.595. The highest BCUT2D eigenvalue weighted by molar-refractivity contribution is 5.85. The summed E-state index contributed by atoms with van der Waals surface area (Å²) in [5, 5.41) is 0. The number of carbonyl (C=O) groups excluding carboxylic acids is 1. The zero-order chi connectivity index (χ0) is 21.6. The van der Waals surface area contributed by atoms with Gasteiger partial charge in [-0.3, -0.25) is 4.79 Å². The van der Waals surface area contributed by atoms with Crippen LogP contribution in [0.25, 0.3) is 11.0 Å². The van der Waals surface area contributed by atoms with Gasteiger partial charge in [0.15, 0.2) is 5.82 Å². The van der Waals surface area contributed by atoms with Gasteiger partial charge in [0, 0.05) is 26.2 Å². The van der Waals surface area contributed by atoms with Crippen LogP contribution in [-0.4, -0.2) is 65.0 Å². The first-order chi connectivity index (χ1) is 13.4. The lowest BCUT2D eigenvalue weighted by Gasteiger charge is -2.38. The van der Waals surface area contributed by atoms with E-state index in [1.165, 1.54) is 0 Å². The molecule has 1 aliphatic rings. The second-order valence-electron chi connectivity index (χ2n) is 6.55. The first-order valence-corrected chi connectivity index (χ1v) is 8.46. The summed E-state index contributed by atoms with van der Waals surface area (Å²) in [4.78, 5) is 22.5. The number of alkyl halides is 7. The quantitative estimate of drug-likeness (QED) is 0.709. The van der Waals surface area contributed by atoms with Crippen molar-refractivity contribution >= 4 is 22.8 Å². The number of hydrogen-bond acceptors (Lipinski definition) is 4. The third kappa shape index (κ3) is 3.55. The highest BCUT2D eigenvalue weighted by Crippen LogP contribution is 2.47. The van der Waals surface area contributed by atoms with Crippen LogP contribution in [-0.2, 0) is 4.79 Å². The summed E-state index contributed by atoms with van der Waals surface area (Å²) in [6.07, 6.45) is -6.55. The fourth-order valence-electron chi connectivity index (χ4n) is 3.01. The summed E-state index contributed by atoms with van der Waals surface area (Å²) in [5.74, 6) is -14.5. The van der Waals surface area contributed by atoms with E-state index in [1.54, 1.807) is 36.1 Å². The molecule has 1 amide bonds. The van der Waals surface area contributed by atoms with Gasteiger partial charge in [-0.25, -0.2) is 9.97 Å². The molecule has 1 aliphatic heterocycles. The van der Waals surface area contributed by atoms with E-state index in [0.717, 1.165) is 0 Å². The average molecular weight is 424 g/mol. The summed E-state index contributed by atoms with van der Waals surface area (Å²) < 4.78 is 90.3. The predicted octanol–water partition coefficient (Wildman–Crippen LogP) is 3.42. The molecule has 1 aromatic heterocycles. The standard InChI is InChI=1S/C17H15F7N4O/c1-10-13(26-12-5-3-2-4-11(12)25-10)27-6-8-28(9-7-27)14(29)15(18,19)16(20,21)17(22,23)24/h2-5H,6-9H2,1H3. The highest BCUT2D eigenvalue weighted by Gasteiger charge is 2.76. The summed E-state index contributed by atoms with van der Waals surface area (Å²) in [7, 11) is 0. The fraction of sp³-hybridized carbons (Fsp3) is 0.471. The Hall–Kier alpha value is -2.66. The Morgan fingerprint density at radius 2 is 1.41 bits per heavy atom. The number of hydrogen-bond donors (Lipinski definition) is 0. The predicted molar refractivity (Wildman–Crippen MR) is 89.0 cm³/mol. The van der Waals surface area contributed by atoms with Crippen LogP contribution in [0, 0.1) is 6.92 Å². The number of aromatic nitrogens is 2. The molecule has 0 bridgehead atoms. The van der Waals surface area contributed by atoms with Gasteiger partial charge in [0.25, 0.3) is 5.91 Å². The molecule has 0 aliphatic carbocycles. The number of amides is 1. The lowest BCUT2D eigenvalue weighted by molar-refractivity contribution is -0.346. The number of nitrogens with zero attached hydrogens (tertiary/aromatic N) is 4. The SMILES string of the molecule is Cc1nc2ccccc2nc1N1CCN(C(=O)C(F)(F)C(F)(F)C(F)(F)F)CC1. The van der Waals surface area contributed by atoms with Crippen LogP contribution in [0.2, 0.25) is 0 Å². The molecule has 0 atom stereocenters. The minimum absolute atomic E-state index is 0.0761. The lowest BCUT2D eigenvalue weighted by atomic mass is 10.1. The minimum Gasteiger partial charge on any atom is -0.352 e. The number of halogens is 7. The van der Waals surface area contributed by atoms with Crippen LogP contribution < -0.4 is 4.90 Å². The van der Waals surface area contributed by atoms with Crippen molar-refractivity contribution in [3.63, 3.8) is 0 Å². The molecule has 158 valence electrons. The Morgan fingerprint density at radius 1 is 0.897 bits per heavy atom. The maximum atomic E-state index is 13.6. The molecule has 2 heterocycles. The second-order valence-corrected chi connectivity index (χ2v) is 6.55. The molecule has 1 aromatic carbocycles. The molecule has 0 unspecified atom stereocenters. The van der Waals surface area contributed by atoms with Crippen LogP contribution in [0.15, 0.2) is 24.3 Å². The van der Waals surface area contributed by atoms with Gasteiger partial charge in [-0.2, -0.15) is 30.7 Å². The number of anilines is 1. The fourth-order valence-corrected chi connectivity index (χ4v) is 3.01. The molecule has 0 saturated carbocycles. The van der Waals surface area contributed by atoms with E-state index in [2.05, 4.69) is 9.97 Å². The van der Waals surface area contributed by atoms with E-state index < -0.39 is 37.0 Å². The van der Waals surface area contributed by atoms with Crippen molar-refractivity contribution in [3.8, 4) is 0 Å². The zero-order valence-corrected chi connectivity index (χ0v) is 15.0. The highest BCUT2D eigenvalue weighted by atomic mass is 19.4. The number of benzene rings is 1. The molecule has 2 aromatic rings. The molecule has 1 fully saturated rings. The van der Waals surface area contributed by atoms with Gasteiger partial charge < -0.3 is 9.80 Å². The molecule has 1 saturated heterocycles. The first-order valence-electron chi connectivity index (χ1n) is 8.46. The lowest BCUT2D eigenvalue weighted by Crippen LogP contribution is -2.62. The van der Waals surface area contributed by atoms with Crippen molar-refractivity contribution in [2.75, 3.05) is 31.1 Å². The van der Waals surface area contributed by atoms with Crippen molar-refractivity contribution < 1.29 is 35.5 Å². The van der Waals surface area contributed by atoms with E-state index in [0.29, 0.717) is 27.4 Å². The topological polar surface area (TPSA) is 49.3 Å². The molecule has 0 N–H and O–H groups in total. The van der Waals surface area contributed by atoms with E-state index >= 15 is 0 Å². The normalized spacial score (nSPS) is 16.4. The molecule has 5 nitrogen and oxygen atoms in total. The minimum atomic E-state index is -6.55. The molecule has 0 radical (unpaired) electrons. The molecular weight excluding hydrogens is 409 g/mol. The molecule has 12 heteroatoms. The van der Waals surface area contributed by atoms with Crippen molar-refractivity contribution in [1.29, 1.82) is 0 Å². The Balaban J connectivity index is 1.75. The van der Waals surface area contributed by atoms with Gasteiger partial charge in [0.05, 0.1) is 16.7 Å². The third-order valence-corrected chi connectivity index (χ3v) is 4.61. The van der Waals surface area contributed by atoms with Crippen molar-refractivity contribution in [1.82, 2.24) is 14.9 Å². The summed E-state index contributed by atoms with van der Waals surface area (Å²) >= 11 is 0. The van der Waals surface area contributed by atoms with Gasteiger partial charge in [0.1, 0.15) is 0 Å². The van der Waals surface area contributed by atoms with Crippen LogP contribution >= 0.6 is 0 Å². The van der Waals surface area contributed by atoms with Crippen molar-refractivity contribution in [2.24, 2.45) is 0 Å². The Labute approximate surface area is 160 Å². The van der Waals surface area contributed by atoms with Crippen molar-refractivity contribution in [3.05, 3.63) is 30.0 Å². The van der Waals surface area contributed by atoms with Crippen LogP contribution in [0.1, 0.15) is 5.69 Å². The first kappa shape index (κ1) is 21.1. The Morgan fingerprint density at radius 3 is 1.93 bits per heavy atom. The maximum absolute atomic E-state index is 13.6. The maximum Gasteiger partial charge on any atom is 0.460 e. The number of fused-ring (bicyclic) bond motifs is 1. The summed E-state index contributed by atoms with van der Waals surface area (Å²) in [5.41, 5.74) is 1.73. The number of rotatable bonds is 3. The number of aryl methyl sites for hydroxylation is 1. The third-order valence-electron chi connectivity index (χ3n) is 4.61. The van der Waals surface area contributed by atoms with Gasteiger partial charge in [-0.05, 0) is 19.1 Å². The summed E-state index contributed by atoms with van der Waals surface area (Å²) in [6, 6.07) is 6.98. The molecular formula is C17H15F7N4O. The second kappa shape index (κ2) is 6.99. The smallest absolute Gasteiger partial charge is 0.352 e. The van der Waals surface area contributed by atoms with E-state index in [9.17, 15) is 35.5 Å². The Kier molecular flexibility index (Phi) is 5.08. The van der Waals surface area contributed by atoms with E-state index in [-0.39, 0.29) is 13.1 Å². The largest absolute Gasteiger partial charge is 0.460 e.